The van der Waals surface area contributed by atoms with Gasteiger partial charge in [0.05, 0.1) is 17.7 Å². The van der Waals surface area contributed by atoms with Crippen molar-refractivity contribution in [3.05, 3.63) is 90.0 Å². The zero-order valence-electron chi connectivity index (χ0n) is 17.7. The summed E-state index contributed by atoms with van der Waals surface area (Å²) in [6, 6.07) is 22.3. The first-order chi connectivity index (χ1) is 15.7. The number of benzene rings is 3. The summed E-state index contributed by atoms with van der Waals surface area (Å²) in [5.41, 5.74) is 0.599. The van der Waals surface area contributed by atoms with Crippen LogP contribution in [0, 0.1) is 0 Å². The van der Waals surface area contributed by atoms with Crippen molar-refractivity contribution < 1.29 is 33.3 Å². The predicted octanol–water partition coefficient (Wildman–Crippen LogP) is 4.17. The standard InChI is InChI=1S/C25H24O7/c1-28-13-14-31-24(26)19-7-6-12-23(18-19)32-25(27)20-8-5-11-22(17-20)30-16-15-29-21-9-3-2-4-10-21/h2-12,17-18H,13-16H2,1H3. The number of hydrogen-bond donors (Lipinski definition) is 0. The third-order valence-corrected chi connectivity index (χ3v) is 4.23. The van der Waals surface area contributed by atoms with Gasteiger partial charge in [0.15, 0.2) is 0 Å². The first-order valence-electron chi connectivity index (χ1n) is 10.0. The topological polar surface area (TPSA) is 80.3 Å². The van der Waals surface area contributed by atoms with Crippen LogP contribution in [0.4, 0.5) is 0 Å². The minimum atomic E-state index is -0.569. The number of carbonyl (C=O) groups is 2. The molecule has 0 aliphatic carbocycles. The Hall–Kier alpha value is -3.84. The third kappa shape index (κ3) is 7.14. The Morgan fingerprint density at radius 1 is 0.625 bits per heavy atom. The van der Waals surface area contributed by atoms with E-state index in [0.29, 0.717) is 31.1 Å². The van der Waals surface area contributed by atoms with E-state index in [4.69, 9.17) is 23.7 Å². The summed E-state index contributed by atoms with van der Waals surface area (Å²) >= 11 is 0. The van der Waals surface area contributed by atoms with E-state index in [1.807, 2.05) is 30.3 Å². The maximum atomic E-state index is 12.5. The smallest absolute Gasteiger partial charge is 0.343 e. The molecule has 0 saturated carbocycles. The molecule has 0 aromatic heterocycles. The lowest BCUT2D eigenvalue weighted by molar-refractivity contribution is 0.0387. The fourth-order valence-corrected chi connectivity index (χ4v) is 2.70. The molecule has 0 aliphatic rings. The molecule has 0 heterocycles. The molecule has 7 nitrogen and oxygen atoms in total. The van der Waals surface area contributed by atoms with Gasteiger partial charge in [-0.1, -0.05) is 30.3 Å². The average Bonchev–Trinajstić information content (AvgIpc) is 2.83. The van der Waals surface area contributed by atoms with E-state index in [0.717, 1.165) is 5.75 Å². The molecule has 0 amide bonds. The highest BCUT2D eigenvalue weighted by Gasteiger charge is 2.13. The zero-order valence-corrected chi connectivity index (χ0v) is 17.7. The van der Waals surface area contributed by atoms with Gasteiger partial charge in [0.25, 0.3) is 0 Å². The second-order valence-electron chi connectivity index (χ2n) is 6.58. The van der Waals surface area contributed by atoms with Crippen molar-refractivity contribution in [3.8, 4) is 17.2 Å². The molecule has 0 aliphatic heterocycles. The van der Waals surface area contributed by atoms with Crippen molar-refractivity contribution >= 4 is 11.9 Å². The highest BCUT2D eigenvalue weighted by atomic mass is 16.6. The Balaban J connectivity index is 1.53. The van der Waals surface area contributed by atoms with Crippen LogP contribution >= 0.6 is 0 Å². The minimum Gasteiger partial charge on any atom is -0.490 e. The molecule has 0 fully saturated rings. The molecule has 7 heteroatoms. The monoisotopic (exact) mass is 436 g/mol. The van der Waals surface area contributed by atoms with E-state index in [1.165, 1.54) is 13.2 Å². The van der Waals surface area contributed by atoms with Gasteiger partial charge < -0.3 is 23.7 Å². The molecule has 0 unspecified atom stereocenters. The number of para-hydroxylation sites is 1. The van der Waals surface area contributed by atoms with E-state index in [-0.39, 0.29) is 17.9 Å². The van der Waals surface area contributed by atoms with Gasteiger partial charge in [-0.25, -0.2) is 9.59 Å². The van der Waals surface area contributed by atoms with Crippen LogP contribution in [-0.4, -0.2) is 45.5 Å². The summed E-state index contributed by atoms with van der Waals surface area (Å²) in [7, 11) is 1.52. The van der Waals surface area contributed by atoms with Gasteiger partial charge >= 0.3 is 11.9 Å². The van der Waals surface area contributed by atoms with Crippen molar-refractivity contribution in [2.75, 3.05) is 33.5 Å². The quantitative estimate of drug-likeness (QED) is 0.254. The van der Waals surface area contributed by atoms with E-state index in [1.54, 1.807) is 42.5 Å². The zero-order chi connectivity index (χ0) is 22.6. The summed E-state index contributed by atoms with van der Waals surface area (Å²) in [6.07, 6.45) is 0. The van der Waals surface area contributed by atoms with E-state index in [9.17, 15) is 9.59 Å². The Labute approximate surface area is 186 Å². The van der Waals surface area contributed by atoms with Gasteiger partial charge in [-0.15, -0.1) is 0 Å². The molecular weight excluding hydrogens is 412 g/mol. The lowest BCUT2D eigenvalue weighted by atomic mass is 10.2. The third-order valence-electron chi connectivity index (χ3n) is 4.23. The molecule has 0 bridgehead atoms. The maximum absolute atomic E-state index is 12.5. The van der Waals surface area contributed by atoms with Crippen LogP contribution in [0.15, 0.2) is 78.9 Å². The molecule has 0 atom stereocenters. The van der Waals surface area contributed by atoms with Crippen molar-refractivity contribution in [2.24, 2.45) is 0 Å². The molecule has 166 valence electrons. The Morgan fingerprint density at radius 2 is 1.22 bits per heavy atom. The Bertz CT molecular complexity index is 1020. The summed E-state index contributed by atoms with van der Waals surface area (Å²) in [6.45, 7) is 1.13. The van der Waals surface area contributed by atoms with Gasteiger partial charge in [0.1, 0.15) is 37.1 Å². The Kier molecular flexibility index (Phi) is 8.65. The number of rotatable bonds is 11. The van der Waals surface area contributed by atoms with Crippen LogP contribution in [0.5, 0.6) is 17.2 Å². The first kappa shape index (κ1) is 22.8. The molecule has 0 radical (unpaired) electrons. The lowest BCUT2D eigenvalue weighted by Crippen LogP contribution is -2.12. The van der Waals surface area contributed by atoms with Crippen LogP contribution in [0.2, 0.25) is 0 Å². The molecule has 32 heavy (non-hydrogen) atoms. The summed E-state index contributed by atoms with van der Waals surface area (Å²) in [4.78, 5) is 24.6. The van der Waals surface area contributed by atoms with Gasteiger partial charge in [-0.05, 0) is 48.5 Å². The number of esters is 2. The van der Waals surface area contributed by atoms with Crippen LogP contribution in [-0.2, 0) is 9.47 Å². The van der Waals surface area contributed by atoms with E-state index in [2.05, 4.69) is 0 Å². The van der Waals surface area contributed by atoms with Crippen molar-refractivity contribution in [2.45, 2.75) is 0 Å². The highest BCUT2D eigenvalue weighted by molar-refractivity contribution is 5.93. The largest absolute Gasteiger partial charge is 0.490 e. The number of methoxy groups -OCH3 is 1. The van der Waals surface area contributed by atoms with Gasteiger partial charge in [0.2, 0.25) is 0 Å². The van der Waals surface area contributed by atoms with E-state index >= 15 is 0 Å². The summed E-state index contributed by atoms with van der Waals surface area (Å²) in [5.74, 6) is 0.428. The van der Waals surface area contributed by atoms with Crippen LogP contribution in [0.25, 0.3) is 0 Å². The Morgan fingerprint density at radius 3 is 1.94 bits per heavy atom. The van der Waals surface area contributed by atoms with Crippen molar-refractivity contribution in [1.82, 2.24) is 0 Å². The number of ether oxygens (including phenoxy) is 5. The minimum absolute atomic E-state index is 0.141. The van der Waals surface area contributed by atoms with Gasteiger partial charge in [0, 0.05) is 7.11 Å². The molecule has 0 saturated heterocycles. The fourth-order valence-electron chi connectivity index (χ4n) is 2.70. The van der Waals surface area contributed by atoms with E-state index < -0.39 is 11.9 Å². The number of hydrogen-bond acceptors (Lipinski definition) is 7. The molecule has 0 N–H and O–H groups in total. The van der Waals surface area contributed by atoms with Crippen LogP contribution in [0.3, 0.4) is 0 Å². The molecular formula is C25H24O7. The molecule has 3 aromatic rings. The fraction of sp³-hybridized carbons (Fsp3) is 0.200. The van der Waals surface area contributed by atoms with Gasteiger partial charge in [-0.3, -0.25) is 0 Å². The van der Waals surface area contributed by atoms with Crippen LogP contribution in [0.1, 0.15) is 20.7 Å². The lowest BCUT2D eigenvalue weighted by Gasteiger charge is -2.10. The molecule has 3 rings (SSSR count). The van der Waals surface area contributed by atoms with Crippen molar-refractivity contribution in [1.29, 1.82) is 0 Å². The second kappa shape index (κ2) is 12.1. The second-order valence-corrected chi connectivity index (χ2v) is 6.58. The van der Waals surface area contributed by atoms with Crippen LogP contribution < -0.4 is 14.2 Å². The van der Waals surface area contributed by atoms with Crippen molar-refractivity contribution in [3.63, 3.8) is 0 Å². The molecule has 0 spiro atoms. The highest BCUT2D eigenvalue weighted by Crippen LogP contribution is 2.19. The van der Waals surface area contributed by atoms with Gasteiger partial charge in [-0.2, -0.15) is 0 Å². The summed E-state index contributed by atoms with van der Waals surface area (Å²) < 4.78 is 26.6. The predicted molar refractivity (Wildman–Crippen MR) is 117 cm³/mol. The summed E-state index contributed by atoms with van der Waals surface area (Å²) in [5, 5.41) is 0. The SMILES string of the molecule is COCCOC(=O)c1cccc(OC(=O)c2cccc(OCCOc3ccccc3)c2)c1. The normalized spacial score (nSPS) is 10.3. The molecule has 3 aromatic carbocycles. The first-order valence-corrected chi connectivity index (χ1v) is 10.0. The maximum Gasteiger partial charge on any atom is 0.343 e. The average molecular weight is 436 g/mol. The number of carbonyl (C=O) groups excluding carboxylic acids is 2.